The number of ether oxygens (including phenoxy) is 1. The molecule has 4 heteroatoms. The van der Waals surface area contributed by atoms with Gasteiger partial charge in [-0.2, -0.15) is 0 Å². The fourth-order valence-corrected chi connectivity index (χ4v) is 2.48. The number of anilines is 1. The normalized spacial score (nSPS) is 21.5. The number of rotatable bonds is 3. The molecule has 2 atom stereocenters. The van der Waals surface area contributed by atoms with Crippen LogP contribution in [-0.4, -0.2) is 30.9 Å². The Hall–Kier alpha value is -1.13. The van der Waals surface area contributed by atoms with E-state index in [4.69, 9.17) is 4.74 Å². The van der Waals surface area contributed by atoms with Gasteiger partial charge in [-0.15, -0.1) is 0 Å². The van der Waals surface area contributed by atoms with Crippen LogP contribution in [0, 0.1) is 12.7 Å². The van der Waals surface area contributed by atoms with E-state index in [1.807, 2.05) is 6.07 Å². The van der Waals surface area contributed by atoms with Crippen molar-refractivity contribution in [1.82, 2.24) is 0 Å². The molecule has 1 unspecified atom stereocenters. The van der Waals surface area contributed by atoms with E-state index in [0.29, 0.717) is 17.7 Å². The van der Waals surface area contributed by atoms with Crippen LogP contribution in [0.5, 0.6) is 0 Å². The summed E-state index contributed by atoms with van der Waals surface area (Å²) in [5.74, 6) is -0.264. The van der Waals surface area contributed by atoms with Crippen molar-refractivity contribution in [2.75, 3.05) is 24.6 Å². The van der Waals surface area contributed by atoms with Crippen molar-refractivity contribution in [3.05, 3.63) is 29.1 Å². The maximum atomic E-state index is 13.7. The van der Waals surface area contributed by atoms with Crippen LogP contribution in [0.3, 0.4) is 0 Å². The van der Waals surface area contributed by atoms with Crippen molar-refractivity contribution in [3.8, 4) is 0 Å². The zero-order valence-electron chi connectivity index (χ0n) is 11.8. The fraction of sp³-hybridized carbons (Fsp3) is 0.600. The molecule has 19 heavy (non-hydrogen) atoms. The van der Waals surface area contributed by atoms with E-state index in [1.54, 1.807) is 13.8 Å². The number of benzene rings is 1. The second kappa shape index (κ2) is 5.88. The van der Waals surface area contributed by atoms with E-state index < -0.39 is 6.10 Å². The zero-order chi connectivity index (χ0) is 14.0. The summed E-state index contributed by atoms with van der Waals surface area (Å²) in [5.41, 5.74) is 2.19. The van der Waals surface area contributed by atoms with Gasteiger partial charge in [0, 0.05) is 24.3 Å². The first-order chi connectivity index (χ1) is 9.02. The van der Waals surface area contributed by atoms with E-state index in [1.165, 1.54) is 6.07 Å². The van der Waals surface area contributed by atoms with Gasteiger partial charge < -0.3 is 14.7 Å². The number of hydrogen-bond donors (Lipinski definition) is 1. The monoisotopic (exact) mass is 267 g/mol. The number of aryl methyl sites for hydroxylation is 1. The Morgan fingerprint density at radius 3 is 2.89 bits per heavy atom. The van der Waals surface area contributed by atoms with Crippen molar-refractivity contribution in [2.45, 2.75) is 39.4 Å². The lowest BCUT2D eigenvalue weighted by atomic mass is 10.0. The van der Waals surface area contributed by atoms with Gasteiger partial charge >= 0.3 is 0 Å². The average Bonchev–Trinajstić information content (AvgIpc) is 2.41. The molecule has 0 amide bonds. The highest BCUT2D eigenvalue weighted by Gasteiger charge is 2.23. The highest BCUT2D eigenvalue weighted by Crippen LogP contribution is 2.30. The number of halogens is 1. The molecule has 1 saturated heterocycles. The summed E-state index contributed by atoms with van der Waals surface area (Å²) in [4.78, 5) is 2.19. The number of aliphatic hydroxyl groups is 1. The lowest BCUT2D eigenvalue weighted by molar-refractivity contribution is 0.0382. The molecule has 0 spiro atoms. The Kier molecular flexibility index (Phi) is 4.42. The second-order valence-corrected chi connectivity index (χ2v) is 5.18. The molecule has 106 valence electrons. The largest absolute Gasteiger partial charge is 0.389 e. The summed E-state index contributed by atoms with van der Waals surface area (Å²) in [6.07, 6.45) is 0.495. The predicted octanol–water partition coefficient (Wildman–Crippen LogP) is 2.80. The molecular formula is C15H22FNO2. The van der Waals surface area contributed by atoms with Gasteiger partial charge in [0.2, 0.25) is 0 Å². The van der Waals surface area contributed by atoms with Gasteiger partial charge in [0.1, 0.15) is 5.82 Å². The van der Waals surface area contributed by atoms with Gasteiger partial charge in [-0.1, -0.05) is 6.92 Å². The number of hydrogen-bond acceptors (Lipinski definition) is 3. The molecule has 1 N–H and O–H groups in total. The molecule has 1 aliphatic heterocycles. The van der Waals surface area contributed by atoms with Crippen molar-refractivity contribution in [1.29, 1.82) is 0 Å². The molecular weight excluding hydrogens is 245 g/mol. The van der Waals surface area contributed by atoms with Gasteiger partial charge in [-0.25, -0.2) is 4.39 Å². The van der Waals surface area contributed by atoms with Crippen LogP contribution in [0.2, 0.25) is 0 Å². The molecule has 1 aromatic rings. The summed E-state index contributed by atoms with van der Waals surface area (Å²) in [6, 6.07) is 3.28. The summed E-state index contributed by atoms with van der Waals surface area (Å²) in [6.45, 7) is 7.77. The molecule has 3 nitrogen and oxygen atoms in total. The third-order valence-electron chi connectivity index (χ3n) is 3.69. The van der Waals surface area contributed by atoms with Gasteiger partial charge in [-0.3, -0.25) is 0 Å². The standard InChI is InChI=1S/C15H22FNO2/c1-4-12-9-17(5-6-19-12)15-7-10(2)14(16)8-13(15)11(3)18/h7-8,11-12,18H,4-6,9H2,1-3H3/t11-,12?/m1/s1. The highest BCUT2D eigenvalue weighted by atomic mass is 19.1. The summed E-state index contributed by atoms with van der Waals surface area (Å²) < 4.78 is 19.3. The molecule has 0 aliphatic carbocycles. The fourth-order valence-electron chi connectivity index (χ4n) is 2.48. The first-order valence-corrected chi connectivity index (χ1v) is 6.87. The van der Waals surface area contributed by atoms with Crippen molar-refractivity contribution in [3.63, 3.8) is 0 Å². The van der Waals surface area contributed by atoms with Crippen LogP contribution in [0.4, 0.5) is 10.1 Å². The van der Waals surface area contributed by atoms with E-state index >= 15 is 0 Å². The highest BCUT2D eigenvalue weighted by molar-refractivity contribution is 5.57. The number of morpholine rings is 1. The van der Waals surface area contributed by atoms with Crippen LogP contribution < -0.4 is 4.90 Å². The zero-order valence-corrected chi connectivity index (χ0v) is 11.8. The van der Waals surface area contributed by atoms with Crippen LogP contribution in [0.25, 0.3) is 0 Å². The second-order valence-electron chi connectivity index (χ2n) is 5.18. The van der Waals surface area contributed by atoms with Gasteiger partial charge in [0.15, 0.2) is 0 Å². The van der Waals surface area contributed by atoms with E-state index in [9.17, 15) is 9.50 Å². The Balaban J connectivity index is 2.34. The molecule has 0 aromatic heterocycles. The summed E-state index contributed by atoms with van der Waals surface area (Å²) >= 11 is 0. The van der Waals surface area contributed by atoms with Crippen LogP contribution >= 0.6 is 0 Å². The van der Waals surface area contributed by atoms with Crippen molar-refractivity contribution in [2.24, 2.45) is 0 Å². The molecule has 2 rings (SSSR count). The summed E-state index contributed by atoms with van der Waals surface area (Å²) in [5, 5.41) is 9.85. The molecule has 1 aromatic carbocycles. The third-order valence-corrected chi connectivity index (χ3v) is 3.69. The Morgan fingerprint density at radius 2 is 2.26 bits per heavy atom. The van der Waals surface area contributed by atoms with Gasteiger partial charge in [0.05, 0.1) is 18.8 Å². The van der Waals surface area contributed by atoms with E-state index in [2.05, 4.69) is 11.8 Å². The van der Waals surface area contributed by atoms with E-state index in [0.717, 1.165) is 25.2 Å². The van der Waals surface area contributed by atoms with Gasteiger partial charge in [-0.05, 0) is 38.0 Å². The van der Waals surface area contributed by atoms with Crippen molar-refractivity contribution >= 4 is 5.69 Å². The average molecular weight is 267 g/mol. The minimum atomic E-state index is -0.673. The smallest absolute Gasteiger partial charge is 0.126 e. The summed E-state index contributed by atoms with van der Waals surface area (Å²) in [7, 11) is 0. The molecule has 0 saturated carbocycles. The molecule has 1 aliphatic rings. The SMILES string of the molecule is CCC1CN(c2cc(C)c(F)cc2[C@@H](C)O)CCO1. The van der Waals surface area contributed by atoms with Crippen LogP contribution in [-0.2, 0) is 4.74 Å². The van der Waals surface area contributed by atoms with E-state index in [-0.39, 0.29) is 11.9 Å². The number of aliphatic hydroxyl groups excluding tert-OH is 1. The third kappa shape index (κ3) is 3.07. The minimum absolute atomic E-state index is 0.209. The lowest BCUT2D eigenvalue weighted by Crippen LogP contribution is -2.42. The number of nitrogens with zero attached hydrogens (tertiary/aromatic N) is 1. The Labute approximate surface area is 114 Å². The van der Waals surface area contributed by atoms with Gasteiger partial charge in [0.25, 0.3) is 0 Å². The van der Waals surface area contributed by atoms with Crippen LogP contribution in [0.15, 0.2) is 12.1 Å². The Morgan fingerprint density at radius 1 is 1.53 bits per heavy atom. The molecule has 1 heterocycles. The first kappa shape index (κ1) is 14.3. The first-order valence-electron chi connectivity index (χ1n) is 6.87. The maximum Gasteiger partial charge on any atom is 0.126 e. The molecule has 1 fully saturated rings. The Bertz CT molecular complexity index is 448. The minimum Gasteiger partial charge on any atom is -0.389 e. The van der Waals surface area contributed by atoms with Crippen molar-refractivity contribution < 1.29 is 14.2 Å². The van der Waals surface area contributed by atoms with Crippen LogP contribution in [0.1, 0.15) is 37.5 Å². The quantitative estimate of drug-likeness (QED) is 0.914. The topological polar surface area (TPSA) is 32.7 Å². The maximum absolute atomic E-state index is 13.7. The molecule has 0 radical (unpaired) electrons. The predicted molar refractivity (Wildman–Crippen MR) is 74.0 cm³/mol. The molecule has 0 bridgehead atoms. The lowest BCUT2D eigenvalue weighted by Gasteiger charge is -2.36.